The lowest BCUT2D eigenvalue weighted by Gasteiger charge is -2.22. The molecule has 0 unspecified atom stereocenters. The van der Waals surface area contributed by atoms with Crippen LogP contribution < -0.4 is 10.1 Å². The third-order valence-corrected chi connectivity index (χ3v) is 3.63. The predicted molar refractivity (Wildman–Crippen MR) is 76.6 cm³/mol. The van der Waals surface area contributed by atoms with Crippen molar-refractivity contribution in [3.05, 3.63) is 29.3 Å². The van der Waals surface area contributed by atoms with Gasteiger partial charge in [0.2, 0.25) is 5.91 Å². The Bertz CT molecular complexity index is 399. The SMILES string of the molecule is O=C(CCOc1ccc(Cl)cc1)NC1CCCCC1. The Morgan fingerprint density at radius 3 is 2.58 bits per heavy atom. The molecule has 0 aromatic heterocycles. The zero-order valence-electron chi connectivity index (χ0n) is 11.0. The summed E-state index contributed by atoms with van der Waals surface area (Å²) < 4.78 is 5.50. The maximum Gasteiger partial charge on any atom is 0.223 e. The fraction of sp³-hybridized carbons (Fsp3) is 0.533. The van der Waals surface area contributed by atoms with Crippen LogP contribution in [0.25, 0.3) is 0 Å². The lowest BCUT2D eigenvalue weighted by atomic mass is 9.95. The molecule has 104 valence electrons. The normalized spacial score (nSPS) is 16.1. The molecule has 1 N–H and O–H groups in total. The number of hydrogen-bond acceptors (Lipinski definition) is 2. The van der Waals surface area contributed by atoms with E-state index >= 15 is 0 Å². The van der Waals surface area contributed by atoms with Gasteiger partial charge in [-0.05, 0) is 37.1 Å². The molecule has 2 rings (SSSR count). The van der Waals surface area contributed by atoms with Crippen molar-refractivity contribution in [2.24, 2.45) is 0 Å². The Morgan fingerprint density at radius 2 is 1.89 bits per heavy atom. The van der Waals surface area contributed by atoms with Crippen LogP contribution in [0.2, 0.25) is 5.02 Å². The van der Waals surface area contributed by atoms with Crippen LogP contribution in [-0.2, 0) is 4.79 Å². The fourth-order valence-corrected chi connectivity index (χ4v) is 2.47. The number of carbonyl (C=O) groups excluding carboxylic acids is 1. The average Bonchev–Trinajstić information content (AvgIpc) is 2.42. The topological polar surface area (TPSA) is 38.3 Å². The maximum absolute atomic E-state index is 11.7. The van der Waals surface area contributed by atoms with Gasteiger partial charge in [0.15, 0.2) is 0 Å². The predicted octanol–water partition coefficient (Wildman–Crippen LogP) is 3.56. The lowest BCUT2D eigenvalue weighted by Crippen LogP contribution is -2.36. The molecule has 4 heteroatoms. The van der Waals surface area contributed by atoms with Crippen molar-refractivity contribution >= 4 is 17.5 Å². The van der Waals surface area contributed by atoms with E-state index < -0.39 is 0 Å². The molecule has 1 aromatic rings. The Hall–Kier alpha value is -1.22. The van der Waals surface area contributed by atoms with Gasteiger partial charge in [-0.3, -0.25) is 4.79 Å². The fourth-order valence-electron chi connectivity index (χ4n) is 2.34. The third kappa shape index (κ3) is 5.11. The number of amides is 1. The van der Waals surface area contributed by atoms with E-state index in [2.05, 4.69) is 5.32 Å². The minimum atomic E-state index is 0.0841. The minimum absolute atomic E-state index is 0.0841. The summed E-state index contributed by atoms with van der Waals surface area (Å²) in [6.45, 7) is 0.403. The molecule has 0 heterocycles. The van der Waals surface area contributed by atoms with E-state index in [-0.39, 0.29) is 5.91 Å². The summed E-state index contributed by atoms with van der Waals surface area (Å²) in [6.07, 6.45) is 6.39. The number of rotatable bonds is 5. The van der Waals surface area contributed by atoms with E-state index in [9.17, 15) is 4.79 Å². The van der Waals surface area contributed by atoms with Crippen molar-refractivity contribution in [1.29, 1.82) is 0 Å². The van der Waals surface area contributed by atoms with Gasteiger partial charge in [-0.1, -0.05) is 30.9 Å². The zero-order chi connectivity index (χ0) is 13.5. The van der Waals surface area contributed by atoms with E-state index in [4.69, 9.17) is 16.3 Å². The van der Waals surface area contributed by atoms with Crippen LogP contribution in [0.4, 0.5) is 0 Å². The first-order chi connectivity index (χ1) is 9.24. The van der Waals surface area contributed by atoms with Gasteiger partial charge in [-0.15, -0.1) is 0 Å². The Morgan fingerprint density at radius 1 is 1.21 bits per heavy atom. The highest BCUT2D eigenvalue weighted by molar-refractivity contribution is 6.30. The first-order valence-electron chi connectivity index (χ1n) is 6.92. The highest BCUT2D eigenvalue weighted by Gasteiger charge is 2.15. The second-order valence-corrected chi connectivity index (χ2v) is 5.39. The van der Waals surface area contributed by atoms with Gasteiger partial charge in [0, 0.05) is 11.1 Å². The maximum atomic E-state index is 11.7. The van der Waals surface area contributed by atoms with Crippen molar-refractivity contribution in [2.75, 3.05) is 6.61 Å². The van der Waals surface area contributed by atoms with Gasteiger partial charge >= 0.3 is 0 Å². The summed E-state index contributed by atoms with van der Waals surface area (Å²) >= 11 is 5.78. The molecule has 0 radical (unpaired) electrons. The molecule has 19 heavy (non-hydrogen) atoms. The summed E-state index contributed by atoms with van der Waals surface area (Å²) in [5.74, 6) is 0.829. The number of carbonyl (C=O) groups is 1. The zero-order valence-corrected chi connectivity index (χ0v) is 11.8. The lowest BCUT2D eigenvalue weighted by molar-refractivity contribution is -0.122. The van der Waals surface area contributed by atoms with Crippen molar-refractivity contribution in [3.63, 3.8) is 0 Å². The monoisotopic (exact) mass is 281 g/mol. The largest absolute Gasteiger partial charge is 0.493 e. The summed E-state index contributed by atoms with van der Waals surface area (Å²) in [5, 5.41) is 3.76. The molecule has 0 aliphatic heterocycles. The molecule has 1 aliphatic rings. The van der Waals surface area contributed by atoms with Crippen LogP contribution in [0, 0.1) is 0 Å². The van der Waals surface area contributed by atoms with Gasteiger partial charge in [-0.25, -0.2) is 0 Å². The first-order valence-corrected chi connectivity index (χ1v) is 7.29. The highest BCUT2D eigenvalue weighted by Crippen LogP contribution is 2.18. The number of nitrogens with one attached hydrogen (secondary N) is 1. The van der Waals surface area contributed by atoms with Gasteiger partial charge in [-0.2, -0.15) is 0 Å². The Labute approximate surface area is 119 Å². The molecule has 0 saturated heterocycles. The smallest absolute Gasteiger partial charge is 0.223 e. The van der Waals surface area contributed by atoms with Crippen LogP contribution in [0.3, 0.4) is 0 Å². The van der Waals surface area contributed by atoms with Crippen molar-refractivity contribution < 1.29 is 9.53 Å². The quantitative estimate of drug-likeness (QED) is 0.896. The highest BCUT2D eigenvalue weighted by atomic mass is 35.5. The van der Waals surface area contributed by atoms with Crippen LogP contribution >= 0.6 is 11.6 Å². The van der Waals surface area contributed by atoms with Gasteiger partial charge in [0.25, 0.3) is 0 Å². The summed E-state index contributed by atoms with van der Waals surface area (Å²) in [7, 11) is 0. The van der Waals surface area contributed by atoms with Gasteiger partial charge in [0.1, 0.15) is 5.75 Å². The van der Waals surface area contributed by atoms with E-state index in [0.717, 1.165) is 18.6 Å². The van der Waals surface area contributed by atoms with Crippen LogP contribution in [0.15, 0.2) is 24.3 Å². The van der Waals surface area contributed by atoms with E-state index in [0.29, 0.717) is 24.1 Å². The summed E-state index contributed by atoms with van der Waals surface area (Å²) in [5.41, 5.74) is 0. The van der Waals surface area contributed by atoms with Crippen LogP contribution in [0.5, 0.6) is 5.75 Å². The molecule has 3 nitrogen and oxygen atoms in total. The van der Waals surface area contributed by atoms with Crippen molar-refractivity contribution in [1.82, 2.24) is 5.32 Å². The van der Waals surface area contributed by atoms with Crippen LogP contribution in [-0.4, -0.2) is 18.6 Å². The standard InChI is InChI=1S/C15H20ClNO2/c16-12-6-8-14(9-7-12)19-11-10-15(18)17-13-4-2-1-3-5-13/h6-9,13H,1-5,10-11H2,(H,17,18). The molecule has 1 amide bonds. The molecular weight excluding hydrogens is 262 g/mol. The minimum Gasteiger partial charge on any atom is -0.493 e. The number of ether oxygens (including phenoxy) is 1. The Balaban J connectivity index is 1.64. The number of halogens is 1. The second-order valence-electron chi connectivity index (χ2n) is 4.95. The van der Waals surface area contributed by atoms with E-state index in [1.165, 1.54) is 19.3 Å². The molecule has 0 spiro atoms. The number of hydrogen-bond donors (Lipinski definition) is 1. The first kappa shape index (κ1) is 14.2. The molecule has 1 saturated carbocycles. The molecule has 1 fully saturated rings. The molecule has 0 bridgehead atoms. The van der Waals surface area contributed by atoms with Crippen LogP contribution in [0.1, 0.15) is 38.5 Å². The van der Waals surface area contributed by atoms with Crippen molar-refractivity contribution in [3.8, 4) is 5.75 Å². The number of benzene rings is 1. The van der Waals surface area contributed by atoms with E-state index in [1.54, 1.807) is 24.3 Å². The molecule has 1 aromatic carbocycles. The summed E-state index contributed by atoms with van der Waals surface area (Å²) in [4.78, 5) is 11.7. The Kier molecular flexibility index (Phi) is 5.52. The average molecular weight is 282 g/mol. The van der Waals surface area contributed by atoms with E-state index in [1.807, 2.05) is 0 Å². The summed E-state index contributed by atoms with van der Waals surface area (Å²) in [6, 6.07) is 7.54. The third-order valence-electron chi connectivity index (χ3n) is 3.38. The van der Waals surface area contributed by atoms with Gasteiger partial charge < -0.3 is 10.1 Å². The molecule has 1 aliphatic carbocycles. The second kappa shape index (κ2) is 7.39. The van der Waals surface area contributed by atoms with Crippen molar-refractivity contribution in [2.45, 2.75) is 44.6 Å². The van der Waals surface area contributed by atoms with Gasteiger partial charge in [0.05, 0.1) is 13.0 Å². The molecular formula is C15H20ClNO2. The molecule has 0 atom stereocenters.